The van der Waals surface area contributed by atoms with Gasteiger partial charge in [-0.1, -0.05) is 23.2 Å². The van der Waals surface area contributed by atoms with Crippen molar-refractivity contribution in [3.63, 3.8) is 0 Å². The molecule has 7 heteroatoms. The molecule has 0 bridgehead atoms. The fourth-order valence-corrected chi connectivity index (χ4v) is 3.31. The predicted molar refractivity (Wildman–Crippen MR) is 84.5 cm³/mol. The first-order valence-corrected chi connectivity index (χ1v) is 7.94. The molecule has 1 aliphatic heterocycles. The molecule has 1 aliphatic rings. The third-order valence-corrected chi connectivity index (χ3v) is 4.66. The number of nitrogens with two attached hydrogens (primary N) is 1. The molecule has 1 fully saturated rings. The summed E-state index contributed by atoms with van der Waals surface area (Å²) in [5, 5.41) is 2.98. The molecule has 0 radical (unpaired) electrons. The molecule has 1 aromatic carbocycles. The summed E-state index contributed by atoms with van der Waals surface area (Å²) in [6.45, 7) is 2.92. The van der Waals surface area contributed by atoms with Gasteiger partial charge in [0.05, 0.1) is 17.1 Å². The van der Waals surface area contributed by atoms with Crippen LogP contribution >= 0.6 is 23.2 Å². The molecule has 0 spiro atoms. The predicted octanol–water partition coefficient (Wildman–Crippen LogP) is 3.06. The molecule has 4 nitrogen and oxygen atoms in total. The van der Waals surface area contributed by atoms with Gasteiger partial charge in [0.1, 0.15) is 5.82 Å². The largest absolute Gasteiger partial charge is 0.381 e. The first-order chi connectivity index (χ1) is 10.4. The molecule has 0 aliphatic carbocycles. The van der Waals surface area contributed by atoms with Crippen molar-refractivity contribution in [2.24, 2.45) is 11.7 Å². The lowest BCUT2D eigenvalue weighted by Crippen LogP contribution is -2.47. The van der Waals surface area contributed by atoms with E-state index in [9.17, 15) is 9.18 Å². The van der Waals surface area contributed by atoms with Gasteiger partial charge in [0.25, 0.3) is 0 Å². The summed E-state index contributed by atoms with van der Waals surface area (Å²) < 4.78 is 18.8. The summed E-state index contributed by atoms with van der Waals surface area (Å²) in [7, 11) is 0. The summed E-state index contributed by atoms with van der Waals surface area (Å²) in [5.74, 6) is -0.786. The number of amides is 1. The Labute approximate surface area is 139 Å². The van der Waals surface area contributed by atoms with E-state index in [2.05, 4.69) is 5.32 Å². The maximum absolute atomic E-state index is 13.6. The van der Waals surface area contributed by atoms with Crippen molar-refractivity contribution in [1.82, 2.24) is 5.32 Å². The van der Waals surface area contributed by atoms with Gasteiger partial charge in [-0.05, 0) is 37.8 Å². The summed E-state index contributed by atoms with van der Waals surface area (Å²) >= 11 is 12.0. The van der Waals surface area contributed by atoms with Crippen LogP contribution in [0.1, 0.15) is 31.4 Å². The Bertz CT molecular complexity index is 551. The average Bonchev–Trinajstić information content (AvgIpc) is 2.51. The maximum Gasteiger partial charge on any atom is 0.237 e. The summed E-state index contributed by atoms with van der Waals surface area (Å²) in [6, 6.07) is 1.45. The summed E-state index contributed by atoms with van der Waals surface area (Å²) in [6.07, 6.45) is 1.51. The van der Waals surface area contributed by atoms with Crippen molar-refractivity contribution >= 4 is 29.1 Å². The van der Waals surface area contributed by atoms with Crippen LogP contribution in [0.4, 0.5) is 4.39 Å². The number of nitrogens with one attached hydrogen (secondary N) is 1. The Morgan fingerprint density at radius 2 is 2.05 bits per heavy atom. The van der Waals surface area contributed by atoms with Gasteiger partial charge in [0.2, 0.25) is 5.91 Å². The quantitative estimate of drug-likeness (QED) is 0.822. The van der Waals surface area contributed by atoms with Crippen molar-refractivity contribution in [1.29, 1.82) is 0 Å². The van der Waals surface area contributed by atoms with E-state index in [1.807, 2.05) is 0 Å². The first kappa shape index (κ1) is 17.5. The van der Waals surface area contributed by atoms with Crippen LogP contribution in [0.3, 0.4) is 0 Å². The number of ether oxygens (including phenoxy) is 1. The monoisotopic (exact) mass is 348 g/mol. The van der Waals surface area contributed by atoms with Crippen molar-refractivity contribution in [2.75, 3.05) is 13.2 Å². The highest BCUT2D eigenvalue weighted by Crippen LogP contribution is 2.32. The Morgan fingerprint density at radius 1 is 1.41 bits per heavy atom. The zero-order chi connectivity index (χ0) is 16.3. The van der Waals surface area contributed by atoms with Gasteiger partial charge in [-0.2, -0.15) is 0 Å². The van der Waals surface area contributed by atoms with Gasteiger partial charge in [-0.25, -0.2) is 4.39 Å². The van der Waals surface area contributed by atoms with Crippen LogP contribution in [0.5, 0.6) is 0 Å². The normalized spacial score (nSPS) is 18.8. The number of hydrogen-bond acceptors (Lipinski definition) is 3. The molecule has 122 valence electrons. The lowest BCUT2D eigenvalue weighted by molar-refractivity contribution is -0.125. The van der Waals surface area contributed by atoms with Gasteiger partial charge >= 0.3 is 0 Å². The highest BCUT2D eigenvalue weighted by molar-refractivity contribution is 6.36. The Morgan fingerprint density at radius 3 is 2.68 bits per heavy atom. The molecule has 2 atom stereocenters. The molecular formula is C15H19Cl2FN2O2. The van der Waals surface area contributed by atoms with Crippen LogP contribution < -0.4 is 11.1 Å². The molecule has 2 rings (SSSR count). The van der Waals surface area contributed by atoms with Gasteiger partial charge in [-0.15, -0.1) is 0 Å². The topological polar surface area (TPSA) is 64.4 Å². The van der Waals surface area contributed by atoms with Gasteiger partial charge in [0, 0.05) is 23.8 Å². The molecular weight excluding hydrogens is 330 g/mol. The van der Waals surface area contributed by atoms with E-state index in [4.69, 9.17) is 33.7 Å². The Hall–Kier alpha value is -0.880. The molecule has 0 saturated carbocycles. The van der Waals surface area contributed by atoms with E-state index < -0.39 is 17.9 Å². The number of hydrogen-bond donors (Lipinski definition) is 2. The van der Waals surface area contributed by atoms with Crippen molar-refractivity contribution in [2.45, 2.75) is 31.8 Å². The molecule has 0 unspecified atom stereocenters. The second-order valence-corrected chi connectivity index (χ2v) is 6.25. The fraction of sp³-hybridized carbons (Fsp3) is 0.533. The number of benzene rings is 1. The molecule has 1 aromatic rings. The Kier molecular flexibility index (Phi) is 6.03. The van der Waals surface area contributed by atoms with Crippen molar-refractivity contribution in [3.05, 3.63) is 33.6 Å². The lowest BCUT2D eigenvalue weighted by Gasteiger charge is -2.28. The van der Waals surface area contributed by atoms with Crippen LogP contribution in [0.2, 0.25) is 10.0 Å². The second kappa shape index (κ2) is 7.59. The van der Waals surface area contributed by atoms with E-state index in [0.717, 1.165) is 12.8 Å². The van der Waals surface area contributed by atoms with Gasteiger partial charge in [0.15, 0.2) is 0 Å². The number of carbonyl (C=O) groups excluding carboxylic acids is 1. The molecule has 3 N–H and O–H groups in total. The highest BCUT2D eigenvalue weighted by Gasteiger charge is 2.28. The van der Waals surface area contributed by atoms with Gasteiger partial charge < -0.3 is 15.8 Å². The zero-order valence-corrected chi connectivity index (χ0v) is 13.8. The van der Waals surface area contributed by atoms with Crippen LogP contribution in [0.15, 0.2) is 12.1 Å². The fourth-order valence-electron chi connectivity index (χ4n) is 2.61. The summed E-state index contributed by atoms with van der Waals surface area (Å²) in [4.78, 5) is 12.3. The second-order valence-electron chi connectivity index (χ2n) is 5.46. The van der Waals surface area contributed by atoms with Crippen LogP contribution in [0.25, 0.3) is 0 Å². The minimum Gasteiger partial charge on any atom is -0.381 e. The lowest BCUT2D eigenvalue weighted by atomic mass is 9.91. The average molecular weight is 349 g/mol. The van der Waals surface area contributed by atoms with Crippen molar-refractivity contribution in [3.8, 4) is 0 Å². The third-order valence-electron chi connectivity index (χ3n) is 3.95. The number of halogens is 3. The molecule has 22 heavy (non-hydrogen) atoms. The smallest absolute Gasteiger partial charge is 0.237 e. The first-order valence-electron chi connectivity index (χ1n) is 7.19. The van der Waals surface area contributed by atoms with Crippen LogP contribution in [-0.2, 0) is 9.53 Å². The molecule has 1 saturated heterocycles. The minimum atomic E-state index is -0.627. The molecule has 0 aromatic heterocycles. The molecule has 1 amide bonds. The van der Waals surface area contributed by atoms with E-state index in [-0.39, 0.29) is 16.8 Å². The van der Waals surface area contributed by atoms with Crippen LogP contribution in [-0.4, -0.2) is 25.2 Å². The Balaban J connectivity index is 2.06. The maximum atomic E-state index is 13.6. The third kappa shape index (κ3) is 3.90. The standard InChI is InChI=1S/C15H19Cl2FN2O2/c1-8(12-10(16)2-3-11(18)13(12)17)20-15(21)14(19)9-4-6-22-7-5-9/h2-3,8-9,14H,4-7,19H2,1H3,(H,20,21)/t8-,14-/m1/s1. The van der Waals surface area contributed by atoms with E-state index in [1.54, 1.807) is 6.92 Å². The van der Waals surface area contributed by atoms with Crippen molar-refractivity contribution < 1.29 is 13.9 Å². The highest BCUT2D eigenvalue weighted by atomic mass is 35.5. The van der Waals surface area contributed by atoms with Gasteiger partial charge in [-0.3, -0.25) is 4.79 Å². The van der Waals surface area contributed by atoms with E-state index in [1.165, 1.54) is 12.1 Å². The minimum absolute atomic E-state index is 0.0828. The van der Waals surface area contributed by atoms with Crippen LogP contribution in [0, 0.1) is 11.7 Å². The van der Waals surface area contributed by atoms with E-state index >= 15 is 0 Å². The summed E-state index contributed by atoms with van der Waals surface area (Å²) in [5.41, 5.74) is 6.37. The van der Waals surface area contributed by atoms with E-state index in [0.29, 0.717) is 23.8 Å². The zero-order valence-electron chi connectivity index (χ0n) is 12.2. The SMILES string of the molecule is C[C@@H](NC(=O)[C@H](N)C1CCOCC1)c1c(Cl)ccc(F)c1Cl. The molecule has 1 heterocycles. The number of carbonyl (C=O) groups is 1. The number of rotatable bonds is 4.